The number of fused-ring (bicyclic) bond motifs is 1. The molecule has 128 valence electrons. The molecular formula is C22H30N2. The molecule has 2 nitrogen and oxygen atoms in total. The highest BCUT2D eigenvalue weighted by atomic mass is 15.1. The quantitative estimate of drug-likeness (QED) is 0.565. The molecule has 1 atom stereocenters. The number of likely N-dealkylation sites (tertiary alicyclic amines) is 1. The van der Waals surface area contributed by atoms with Crippen molar-refractivity contribution in [2.45, 2.75) is 31.6 Å². The third-order valence-corrected chi connectivity index (χ3v) is 5.16. The molecule has 2 aromatic carbocycles. The first kappa shape index (κ1) is 17.2. The number of hydrogen-bond acceptors (Lipinski definition) is 2. The summed E-state index contributed by atoms with van der Waals surface area (Å²) in [6, 6.07) is 15.4. The van der Waals surface area contributed by atoms with E-state index in [1.807, 2.05) is 0 Å². The number of hydrogen-bond donors (Lipinski definition) is 1. The Morgan fingerprint density at radius 1 is 1.04 bits per heavy atom. The number of rotatable bonds is 8. The molecular weight excluding hydrogens is 292 g/mol. The van der Waals surface area contributed by atoms with Crippen molar-refractivity contribution in [2.75, 3.05) is 32.7 Å². The van der Waals surface area contributed by atoms with Gasteiger partial charge in [0, 0.05) is 25.6 Å². The van der Waals surface area contributed by atoms with Crippen molar-refractivity contribution >= 4 is 10.8 Å². The normalized spacial score (nSPS) is 17.0. The first-order valence-electron chi connectivity index (χ1n) is 9.40. The van der Waals surface area contributed by atoms with E-state index < -0.39 is 0 Å². The molecule has 1 aliphatic rings. The molecule has 0 saturated carbocycles. The Bertz CT molecular complexity index is 638. The lowest BCUT2D eigenvalue weighted by molar-refractivity contribution is 0.228. The van der Waals surface area contributed by atoms with Gasteiger partial charge in [-0.3, -0.25) is 0 Å². The Labute approximate surface area is 146 Å². The maximum atomic E-state index is 3.97. The van der Waals surface area contributed by atoms with Crippen LogP contribution in [0.5, 0.6) is 0 Å². The predicted molar refractivity (Wildman–Crippen MR) is 105 cm³/mol. The lowest BCUT2D eigenvalue weighted by atomic mass is 9.91. The molecule has 0 radical (unpaired) electrons. The highest BCUT2D eigenvalue weighted by molar-refractivity contribution is 5.86. The number of allylic oxidation sites excluding steroid dienone is 1. The van der Waals surface area contributed by atoms with Crippen LogP contribution in [0, 0.1) is 0 Å². The maximum absolute atomic E-state index is 3.97. The summed E-state index contributed by atoms with van der Waals surface area (Å²) >= 11 is 0. The summed E-state index contributed by atoms with van der Waals surface area (Å²) in [5, 5.41) is 6.40. The van der Waals surface area contributed by atoms with E-state index in [1.54, 1.807) is 0 Å². The Morgan fingerprint density at radius 3 is 2.67 bits per heavy atom. The zero-order chi connectivity index (χ0) is 16.6. The number of piperidine rings is 1. The van der Waals surface area contributed by atoms with Crippen molar-refractivity contribution < 1.29 is 0 Å². The number of benzene rings is 2. The standard InChI is InChI=1S/C22H30N2/c1-2-9-20(18-23-14-17-24-15-6-3-7-16-24)22-13-8-11-19-10-4-5-12-21(19)22/h2,4-5,8,10-13,20,23H,1,3,6-7,9,14-18H2. The van der Waals surface area contributed by atoms with E-state index in [2.05, 4.69) is 65.3 Å². The molecule has 0 amide bonds. The molecule has 0 bridgehead atoms. The third-order valence-electron chi connectivity index (χ3n) is 5.16. The Hall–Kier alpha value is -1.64. The van der Waals surface area contributed by atoms with Crippen LogP contribution in [0.4, 0.5) is 0 Å². The minimum Gasteiger partial charge on any atom is -0.315 e. The van der Waals surface area contributed by atoms with Gasteiger partial charge in [0.15, 0.2) is 0 Å². The van der Waals surface area contributed by atoms with E-state index in [0.29, 0.717) is 5.92 Å². The molecule has 0 aromatic heterocycles. The lowest BCUT2D eigenvalue weighted by Crippen LogP contribution is -2.36. The van der Waals surface area contributed by atoms with Crippen molar-refractivity contribution in [3.63, 3.8) is 0 Å². The van der Waals surface area contributed by atoms with E-state index >= 15 is 0 Å². The van der Waals surface area contributed by atoms with Crippen LogP contribution in [0.1, 0.15) is 37.2 Å². The van der Waals surface area contributed by atoms with Crippen LogP contribution in [-0.2, 0) is 0 Å². The minimum atomic E-state index is 0.495. The summed E-state index contributed by atoms with van der Waals surface area (Å²) in [4.78, 5) is 2.59. The molecule has 0 spiro atoms. The average Bonchev–Trinajstić information content (AvgIpc) is 2.65. The number of nitrogens with one attached hydrogen (secondary N) is 1. The molecule has 24 heavy (non-hydrogen) atoms. The zero-order valence-electron chi connectivity index (χ0n) is 14.7. The SMILES string of the molecule is C=CCC(CNCCN1CCCCC1)c1cccc2ccccc12. The van der Waals surface area contributed by atoms with Crippen LogP contribution in [0.3, 0.4) is 0 Å². The molecule has 1 fully saturated rings. The molecule has 3 rings (SSSR count). The summed E-state index contributed by atoms with van der Waals surface area (Å²) in [5.74, 6) is 0.495. The van der Waals surface area contributed by atoms with Gasteiger partial charge in [-0.1, -0.05) is 55.0 Å². The zero-order valence-corrected chi connectivity index (χ0v) is 14.7. The summed E-state index contributed by atoms with van der Waals surface area (Å²) in [5.41, 5.74) is 1.44. The summed E-state index contributed by atoms with van der Waals surface area (Å²) < 4.78 is 0. The van der Waals surface area contributed by atoms with Gasteiger partial charge >= 0.3 is 0 Å². The van der Waals surface area contributed by atoms with E-state index in [4.69, 9.17) is 0 Å². The fourth-order valence-electron chi connectivity index (χ4n) is 3.82. The first-order valence-corrected chi connectivity index (χ1v) is 9.40. The summed E-state index contributed by atoms with van der Waals surface area (Å²) in [7, 11) is 0. The Balaban J connectivity index is 1.60. The van der Waals surface area contributed by atoms with Gasteiger partial charge in [0.25, 0.3) is 0 Å². The summed E-state index contributed by atoms with van der Waals surface area (Å²) in [6.45, 7) is 9.81. The van der Waals surface area contributed by atoms with Crippen molar-refractivity contribution in [3.05, 3.63) is 60.7 Å². The van der Waals surface area contributed by atoms with Gasteiger partial charge in [-0.25, -0.2) is 0 Å². The van der Waals surface area contributed by atoms with E-state index in [0.717, 1.165) is 19.5 Å². The summed E-state index contributed by atoms with van der Waals surface area (Å²) in [6.07, 6.45) is 7.22. The topological polar surface area (TPSA) is 15.3 Å². The second-order valence-electron chi connectivity index (χ2n) is 6.90. The molecule has 1 unspecified atom stereocenters. The number of nitrogens with zero attached hydrogens (tertiary/aromatic N) is 1. The molecule has 1 aliphatic heterocycles. The molecule has 2 aromatic rings. The Kier molecular flexibility index (Phi) is 6.45. The molecule has 2 heteroatoms. The molecule has 1 N–H and O–H groups in total. The average molecular weight is 322 g/mol. The van der Waals surface area contributed by atoms with Gasteiger partial charge in [0.05, 0.1) is 0 Å². The smallest absolute Gasteiger partial charge is 0.0107 e. The van der Waals surface area contributed by atoms with Gasteiger partial charge in [-0.2, -0.15) is 0 Å². The van der Waals surface area contributed by atoms with Gasteiger partial charge in [-0.15, -0.1) is 6.58 Å². The van der Waals surface area contributed by atoms with Gasteiger partial charge in [-0.05, 0) is 48.7 Å². The van der Waals surface area contributed by atoms with Crippen LogP contribution in [-0.4, -0.2) is 37.6 Å². The largest absolute Gasteiger partial charge is 0.315 e. The van der Waals surface area contributed by atoms with Gasteiger partial charge in [0.2, 0.25) is 0 Å². The third kappa shape index (κ3) is 4.46. The second-order valence-corrected chi connectivity index (χ2v) is 6.90. The first-order chi connectivity index (χ1) is 11.9. The molecule has 1 saturated heterocycles. The lowest BCUT2D eigenvalue weighted by Gasteiger charge is -2.27. The van der Waals surface area contributed by atoms with Crippen molar-refractivity contribution in [1.29, 1.82) is 0 Å². The van der Waals surface area contributed by atoms with Crippen LogP contribution in [0.15, 0.2) is 55.1 Å². The minimum absolute atomic E-state index is 0.495. The van der Waals surface area contributed by atoms with Crippen LogP contribution < -0.4 is 5.32 Å². The predicted octanol–water partition coefficient (Wildman–Crippen LogP) is 4.58. The van der Waals surface area contributed by atoms with Gasteiger partial charge in [0.1, 0.15) is 0 Å². The van der Waals surface area contributed by atoms with Crippen molar-refractivity contribution in [3.8, 4) is 0 Å². The van der Waals surface area contributed by atoms with Crippen LogP contribution in [0.2, 0.25) is 0 Å². The Morgan fingerprint density at radius 2 is 1.83 bits per heavy atom. The fraction of sp³-hybridized carbons (Fsp3) is 0.455. The van der Waals surface area contributed by atoms with Gasteiger partial charge < -0.3 is 10.2 Å². The maximum Gasteiger partial charge on any atom is 0.0107 e. The van der Waals surface area contributed by atoms with Crippen molar-refractivity contribution in [1.82, 2.24) is 10.2 Å². The second kappa shape index (κ2) is 9.00. The highest BCUT2D eigenvalue weighted by Crippen LogP contribution is 2.27. The molecule has 0 aliphatic carbocycles. The highest BCUT2D eigenvalue weighted by Gasteiger charge is 2.13. The van der Waals surface area contributed by atoms with E-state index in [9.17, 15) is 0 Å². The fourth-order valence-corrected chi connectivity index (χ4v) is 3.82. The van der Waals surface area contributed by atoms with E-state index in [-0.39, 0.29) is 0 Å². The molecule has 1 heterocycles. The monoisotopic (exact) mass is 322 g/mol. The van der Waals surface area contributed by atoms with E-state index in [1.165, 1.54) is 55.2 Å². The van der Waals surface area contributed by atoms with Crippen molar-refractivity contribution in [2.24, 2.45) is 0 Å². The van der Waals surface area contributed by atoms with Crippen LogP contribution >= 0.6 is 0 Å². The van der Waals surface area contributed by atoms with Crippen LogP contribution in [0.25, 0.3) is 10.8 Å².